The smallest absolute Gasteiger partial charge is 0.264 e. The lowest BCUT2D eigenvalue weighted by Crippen LogP contribution is -2.36. The Morgan fingerprint density at radius 3 is 2.45 bits per heavy atom. The maximum absolute atomic E-state index is 12.9. The normalized spacial score (nSPS) is 17.6. The summed E-state index contributed by atoms with van der Waals surface area (Å²) < 4.78 is 33.8. The summed E-state index contributed by atoms with van der Waals surface area (Å²) in [4.78, 5) is 16.1. The second-order valence-corrected chi connectivity index (χ2v) is 12.4. The van der Waals surface area contributed by atoms with Crippen LogP contribution in [0.5, 0.6) is 5.88 Å². The molecule has 0 spiro atoms. The van der Waals surface area contributed by atoms with Crippen LogP contribution in [-0.4, -0.2) is 61.6 Å². The van der Waals surface area contributed by atoms with Gasteiger partial charge in [0.25, 0.3) is 10.0 Å². The average Bonchev–Trinajstić information content (AvgIpc) is 2.93. The van der Waals surface area contributed by atoms with Gasteiger partial charge in [-0.2, -0.15) is 4.98 Å². The van der Waals surface area contributed by atoms with E-state index in [1.54, 1.807) is 24.3 Å². The third-order valence-corrected chi connectivity index (χ3v) is 9.25. The van der Waals surface area contributed by atoms with E-state index in [4.69, 9.17) is 21.3 Å². The number of rotatable bonds is 8. The molecule has 0 radical (unpaired) electrons. The highest BCUT2D eigenvalue weighted by Crippen LogP contribution is 2.35. The van der Waals surface area contributed by atoms with E-state index in [9.17, 15) is 8.42 Å². The van der Waals surface area contributed by atoms with Gasteiger partial charge in [-0.1, -0.05) is 23.7 Å². The number of nitrogens with zero attached hydrogens (tertiary/aromatic N) is 4. The SMILES string of the molecule is COc1nc(NS(=O)(=O)c2ccccc2Cl)ccc1-c1cc2cnc(NC3CCC(N(C)C)CC3)nc2cc1C. The van der Waals surface area contributed by atoms with E-state index < -0.39 is 10.0 Å². The zero-order chi connectivity index (χ0) is 28.4. The molecule has 2 aromatic heterocycles. The fourth-order valence-corrected chi connectivity index (χ4v) is 6.70. The third kappa shape index (κ3) is 5.99. The number of nitrogens with one attached hydrogen (secondary N) is 2. The van der Waals surface area contributed by atoms with Crippen molar-refractivity contribution in [3.63, 3.8) is 0 Å². The summed E-state index contributed by atoms with van der Waals surface area (Å²) in [5.74, 6) is 1.05. The van der Waals surface area contributed by atoms with Gasteiger partial charge in [0, 0.05) is 29.2 Å². The molecule has 0 aliphatic heterocycles. The topological polar surface area (TPSA) is 109 Å². The monoisotopic (exact) mass is 580 g/mol. The number of pyridine rings is 1. The van der Waals surface area contributed by atoms with Gasteiger partial charge in [0.2, 0.25) is 11.8 Å². The van der Waals surface area contributed by atoms with Crippen LogP contribution in [0.1, 0.15) is 31.2 Å². The minimum absolute atomic E-state index is 0.0259. The number of anilines is 2. The summed E-state index contributed by atoms with van der Waals surface area (Å²) in [5, 5.41) is 4.53. The molecular weight excluding hydrogens is 548 g/mol. The Balaban J connectivity index is 1.37. The number of fused-ring (bicyclic) bond motifs is 1. The maximum Gasteiger partial charge on any atom is 0.264 e. The molecule has 210 valence electrons. The van der Waals surface area contributed by atoms with Crippen molar-refractivity contribution in [2.24, 2.45) is 0 Å². The van der Waals surface area contributed by atoms with Crippen molar-refractivity contribution >= 4 is 44.3 Å². The van der Waals surface area contributed by atoms with E-state index in [-0.39, 0.29) is 21.6 Å². The predicted octanol–water partition coefficient (Wildman–Crippen LogP) is 5.75. The highest BCUT2D eigenvalue weighted by molar-refractivity contribution is 7.92. The summed E-state index contributed by atoms with van der Waals surface area (Å²) in [7, 11) is 1.86. The van der Waals surface area contributed by atoms with E-state index >= 15 is 0 Å². The number of aryl methyl sites for hydroxylation is 1. The van der Waals surface area contributed by atoms with Crippen LogP contribution in [0.25, 0.3) is 22.0 Å². The number of hydrogen-bond acceptors (Lipinski definition) is 8. The summed E-state index contributed by atoms with van der Waals surface area (Å²) in [6.07, 6.45) is 6.35. The lowest BCUT2D eigenvalue weighted by Gasteiger charge is -2.32. The Labute approximate surface area is 240 Å². The molecule has 40 heavy (non-hydrogen) atoms. The molecule has 0 bridgehead atoms. The molecule has 1 aliphatic carbocycles. The summed E-state index contributed by atoms with van der Waals surface area (Å²) in [5.41, 5.74) is 3.44. The van der Waals surface area contributed by atoms with Crippen molar-refractivity contribution < 1.29 is 13.2 Å². The molecule has 9 nitrogen and oxygen atoms in total. The van der Waals surface area contributed by atoms with Gasteiger partial charge in [0.15, 0.2) is 0 Å². The third-order valence-electron chi connectivity index (χ3n) is 7.40. The second-order valence-electron chi connectivity index (χ2n) is 10.3. The predicted molar refractivity (Wildman–Crippen MR) is 160 cm³/mol. The first-order valence-electron chi connectivity index (χ1n) is 13.2. The van der Waals surface area contributed by atoms with Crippen LogP contribution in [0.4, 0.5) is 11.8 Å². The molecule has 1 aliphatic rings. The van der Waals surface area contributed by atoms with Gasteiger partial charge < -0.3 is 15.0 Å². The van der Waals surface area contributed by atoms with Crippen molar-refractivity contribution in [3.8, 4) is 17.0 Å². The van der Waals surface area contributed by atoms with Gasteiger partial charge in [-0.15, -0.1) is 0 Å². The summed E-state index contributed by atoms with van der Waals surface area (Å²) in [6, 6.07) is 14.7. The van der Waals surface area contributed by atoms with Crippen LogP contribution in [0, 0.1) is 6.92 Å². The summed E-state index contributed by atoms with van der Waals surface area (Å²) in [6.45, 7) is 2.00. The van der Waals surface area contributed by atoms with Crippen LogP contribution < -0.4 is 14.8 Å². The summed E-state index contributed by atoms with van der Waals surface area (Å²) >= 11 is 6.10. The maximum atomic E-state index is 12.9. The Kier molecular flexibility index (Phi) is 8.11. The Hall–Kier alpha value is -3.47. The van der Waals surface area contributed by atoms with Gasteiger partial charge in [0.05, 0.1) is 17.6 Å². The molecule has 11 heteroatoms. The Bertz CT molecular complexity index is 1640. The minimum atomic E-state index is -3.93. The van der Waals surface area contributed by atoms with E-state index in [2.05, 4.69) is 39.0 Å². The molecule has 0 atom stereocenters. The van der Waals surface area contributed by atoms with Crippen LogP contribution in [-0.2, 0) is 10.0 Å². The fourth-order valence-electron chi connectivity index (χ4n) is 5.18. The van der Waals surface area contributed by atoms with Gasteiger partial charge in [0.1, 0.15) is 10.7 Å². The molecular formula is C29H33ClN6O3S. The molecule has 5 rings (SSSR count). The van der Waals surface area contributed by atoms with E-state index in [0.717, 1.165) is 53.3 Å². The number of ether oxygens (including phenoxy) is 1. The first-order valence-corrected chi connectivity index (χ1v) is 15.0. The molecule has 4 aromatic rings. The second kappa shape index (κ2) is 11.6. The quantitative estimate of drug-likeness (QED) is 0.271. The highest BCUT2D eigenvalue weighted by atomic mass is 35.5. The largest absolute Gasteiger partial charge is 0.480 e. The zero-order valence-electron chi connectivity index (χ0n) is 23.0. The number of sulfonamides is 1. The van der Waals surface area contributed by atoms with Gasteiger partial charge in [-0.3, -0.25) is 4.72 Å². The lowest BCUT2D eigenvalue weighted by atomic mass is 9.90. The Morgan fingerprint density at radius 1 is 1.00 bits per heavy atom. The van der Waals surface area contributed by atoms with Crippen molar-refractivity contribution in [3.05, 3.63) is 65.3 Å². The first kappa shape index (κ1) is 28.1. The molecule has 1 fully saturated rings. The van der Waals surface area contributed by atoms with Crippen molar-refractivity contribution in [1.82, 2.24) is 19.9 Å². The standard InChI is InChI=1S/C29H33ClN6O3S/c1-18-15-25-19(17-31-29(33-25)32-20-9-11-21(12-10-20)36(2)3)16-23(18)22-13-14-27(34-28(22)39-4)35-40(37,38)26-8-6-5-7-24(26)30/h5-8,13-17,20-21H,9-12H2,1-4H3,(H,34,35)(H,31,32,33). The fraction of sp³-hybridized carbons (Fsp3) is 0.345. The molecule has 1 saturated carbocycles. The van der Waals surface area contributed by atoms with Crippen LogP contribution in [0.15, 0.2) is 59.6 Å². The van der Waals surface area contributed by atoms with Gasteiger partial charge in [-0.05, 0) is 94.2 Å². The number of methoxy groups -OCH3 is 1. The Morgan fingerprint density at radius 2 is 1.75 bits per heavy atom. The van der Waals surface area contributed by atoms with E-state index in [1.807, 2.05) is 25.3 Å². The van der Waals surface area contributed by atoms with Crippen LogP contribution in [0.3, 0.4) is 0 Å². The highest BCUT2D eigenvalue weighted by Gasteiger charge is 2.23. The average molecular weight is 581 g/mol. The first-order chi connectivity index (χ1) is 19.1. The number of benzene rings is 2. The molecule has 2 N–H and O–H groups in total. The zero-order valence-corrected chi connectivity index (χ0v) is 24.6. The number of hydrogen-bond donors (Lipinski definition) is 2. The minimum Gasteiger partial charge on any atom is -0.480 e. The molecule has 0 unspecified atom stereocenters. The lowest BCUT2D eigenvalue weighted by molar-refractivity contribution is 0.221. The van der Waals surface area contributed by atoms with E-state index in [1.165, 1.54) is 19.2 Å². The van der Waals surface area contributed by atoms with Crippen molar-refractivity contribution in [2.75, 3.05) is 31.2 Å². The van der Waals surface area contributed by atoms with Crippen LogP contribution >= 0.6 is 11.6 Å². The molecule has 2 aromatic carbocycles. The molecule has 0 amide bonds. The van der Waals surface area contributed by atoms with Crippen molar-refractivity contribution in [1.29, 1.82) is 0 Å². The number of aromatic nitrogens is 3. The number of halogens is 1. The van der Waals surface area contributed by atoms with Gasteiger partial charge >= 0.3 is 0 Å². The van der Waals surface area contributed by atoms with Gasteiger partial charge in [-0.25, -0.2) is 18.4 Å². The molecule has 0 saturated heterocycles. The van der Waals surface area contributed by atoms with E-state index in [0.29, 0.717) is 18.0 Å². The molecule has 2 heterocycles. The van der Waals surface area contributed by atoms with Crippen molar-refractivity contribution in [2.45, 2.75) is 49.6 Å². The van der Waals surface area contributed by atoms with Crippen LogP contribution in [0.2, 0.25) is 5.02 Å².